The molecule has 1 amide bonds. The minimum absolute atomic E-state index is 0.112. The topological polar surface area (TPSA) is 62.1 Å². The van der Waals surface area contributed by atoms with Crippen molar-refractivity contribution >= 4 is 23.0 Å². The average molecular weight is 401 g/mol. The second kappa shape index (κ2) is 9.13. The van der Waals surface area contributed by atoms with Gasteiger partial charge in [-0.3, -0.25) is 9.69 Å². The lowest BCUT2D eigenvalue weighted by Gasteiger charge is -2.42. The summed E-state index contributed by atoms with van der Waals surface area (Å²) in [6, 6.07) is 9.19. The fourth-order valence-corrected chi connectivity index (χ4v) is 4.61. The summed E-state index contributed by atoms with van der Waals surface area (Å²) >= 11 is 0. The van der Waals surface area contributed by atoms with Crippen molar-refractivity contribution in [2.75, 3.05) is 58.4 Å². The Morgan fingerprint density at radius 2 is 2.03 bits per heavy atom. The fraction of sp³-hybridized carbons (Fsp3) is 0.636. The predicted octanol–water partition coefficient (Wildman–Crippen LogP) is 2.61. The van der Waals surface area contributed by atoms with Crippen LogP contribution in [0.25, 0.3) is 11.1 Å². The van der Waals surface area contributed by atoms with Crippen molar-refractivity contribution in [3.05, 3.63) is 24.3 Å². The third-order valence-electron chi connectivity index (χ3n) is 6.34. The molecule has 2 aromatic rings. The van der Waals surface area contributed by atoms with E-state index in [4.69, 9.17) is 9.15 Å². The smallest absolute Gasteiger partial charge is 0.298 e. The first kappa shape index (κ1) is 20.2. The lowest BCUT2D eigenvalue weighted by molar-refractivity contribution is -0.137. The number of likely N-dealkylation sites (N-methyl/N-ethyl adjacent to an activating group) is 1. The molecule has 2 aliphatic heterocycles. The molecule has 3 heterocycles. The number of benzene rings is 1. The number of fused-ring (bicyclic) bond motifs is 1. The summed E-state index contributed by atoms with van der Waals surface area (Å²) in [4.78, 5) is 24.0. The number of amides is 1. The molecule has 1 aromatic heterocycles. The van der Waals surface area contributed by atoms with Crippen LogP contribution in [0.1, 0.15) is 25.7 Å². The molecule has 0 aliphatic carbocycles. The van der Waals surface area contributed by atoms with Crippen molar-refractivity contribution in [2.24, 2.45) is 5.92 Å². The number of likely N-dealkylation sites (tertiary alicyclic amines) is 1. The van der Waals surface area contributed by atoms with Crippen LogP contribution in [0, 0.1) is 5.92 Å². The number of oxazole rings is 1. The van der Waals surface area contributed by atoms with Gasteiger partial charge in [-0.15, -0.1) is 0 Å². The van der Waals surface area contributed by atoms with E-state index in [9.17, 15) is 4.79 Å². The van der Waals surface area contributed by atoms with Crippen molar-refractivity contribution in [3.8, 4) is 0 Å². The van der Waals surface area contributed by atoms with E-state index in [1.165, 1.54) is 0 Å². The average Bonchev–Trinajstić information content (AvgIpc) is 3.21. The number of hydrogen-bond donors (Lipinski definition) is 0. The Morgan fingerprint density at radius 3 is 2.79 bits per heavy atom. The molecular formula is C22H32N4O3. The summed E-state index contributed by atoms with van der Waals surface area (Å²) < 4.78 is 11.0. The maximum Gasteiger partial charge on any atom is 0.298 e. The van der Waals surface area contributed by atoms with Crippen molar-refractivity contribution in [3.63, 3.8) is 0 Å². The normalized spacial score (nSPS) is 21.6. The number of para-hydroxylation sites is 2. The van der Waals surface area contributed by atoms with Crippen LogP contribution in [0.15, 0.2) is 28.7 Å². The van der Waals surface area contributed by atoms with Crippen LogP contribution in [0.2, 0.25) is 0 Å². The molecule has 0 saturated carbocycles. The highest BCUT2D eigenvalue weighted by Crippen LogP contribution is 2.28. The maximum atomic E-state index is 12.8. The van der Waals surface area contributed by atoms with E-state index in [-0.39, 0.29) is 11.8 Å². The summed E-state index contributed by atoms with van der Waals surface area (Å²) in [6.45, 7) is 5.12. The predicted molar refractivity (Wildman–Crippen MR) is 113 cm³/mol. The summed E-state index contributed by atoms with van der Waals surface area (Å²) in [5, 5.41) is 0. The number of nitrogens with zero attached hydrogens (tertiary/aromatic N) is 4. The van der Waals surface area contributed by atoms with Crippen molar-refractivity contribution in [2.45, 2.75) is 31.7 Å². The quantitative estimate of drug-likeness (QED) is 0.743. The molecule has 0 unspecified atom stereocenters. The number of anilines is 1. The molecule has 2 saturated heterocycles. The molecule has 0 spiro atoms. The van der Waals surface area contributed by atoms with Crippen molar-refractivity contribution < 1.29 is 13.9 Å². The molecule has 0 radical (unpaired) electrons. The largest absolute Gasteiger partial charge is 0.423 e. The van der Waals surface area contributed by atoms with Crippen LogP contribution in [-0.4, -0.2) is 80.2 Å². The van der Waals surface area contributed by atoms with Gasteiger partial charge in [0.05, 0.1) is 12.5 Å². The van der Waals surface area contributed by atoms with Gasteiger partial charge in [-0.05, 0) is 44.4 Å². The molecule has 7 nitrogen and oxygen atoms in total. The van der Waals surface area contributed by atoms with Crippen LogP contribution in [0.3, 0.4) is 0 Å². The van der Waals surface area contributed by atoms with Gasteiger partial charge in [0, 0.05) is 46.4 Å². The number of methoxy groups -OCH3 is 1. The van der Waals surface area contributed by atoms with Crippen LogP contribution in [-0.2, 0) is 9.53 Å². The third kappa shape index (κ3) is 4.56. The Balaban J connectivity index is 1.31. The highest BCUT2D eigenvalue weighted by Gasteiger charge is 2.33. The summed E-state index contributed by atoms with van der Waals surface area (Å²) in [5.41, 5.74) is 1.76. The Kier molecular flexibility index (Phi) is 6.35. The van der Waals surface area contributed by atoms with Gasteiger partial charge < -0.3 is 19.0 Å². The fourth-order valence-electron chi connectivity index (χ4n) is 4.61. The zero-order valence-corrected chi connectivity index (χ0v) is 17.5. The summed E-state index contributed by atoms with van der Waals surface area (Å²) in [7, 11) is 3.56. The van der Waals surface area contributed by atoms with Gasteiger partial charge in [0.15, 0.2) is 5.58 Å². The van der Waals surface area contributed by atoms with Crippen LogP contribution in [0.5, 0.6) is 0 Å². The molecule has 1 atom stereocenters. The molecule has 4 rings (SSSR count). The lowest BCUT2D eigenvalue weighted by atomic mass is 9.93. The maximum absolute atomic E-state index is 12.8. The SMILES string of the molecule is COCCN(C)C(=O)[C@H]1CCCN(C2CCN(c3nc4ccccc4o3)CC2)C1. The Hall–Kier alpha value is -2.12. The van der Waals surface area contributed by atoms with E-state index in [1.54, 1.807) is 7.11 Å². The standard InChI is InChI=1S/C22H32N4O3/c1-24(14-15-28-2)21(27)17-6-5-11-26(16-17)18-9-12-25(13-10-18)22-23-19-7-3-4-8-20(19)29-22/h3-4,7-8,17-18H,5-6,9-16H2,1-2H3/t17-/m0/s1. The van der Waals surface area contributed by atoms with Gasteiger partial charge in [0.25, 0.3) is 6.01 Å². The summed E-state index contributed by atoms with van der Waals surface area (Å²) in [5.74, 6) is 0.372. The van der Waals surface area contributed by atoms with E-state index in [0.717, 1.165) is 69.0 Å². The molecule has 2 fully saturated rings. The second-order valence-electron chi connectivity index (χ2n) is 8.27. The first-order chi connectivity index (χ1) is 14.2. The molecular weight excluding hydrogens is 368 g/mol. The number of carbonyl (C=O) groups is 1. The minimum Gasteiger partial charge on any atom is -0.423 e. The first-order valence-corrected chi connectivity index (χ1v) is 10.7. The van der Waals surface area contributed by atoms with Gasteiger partial charge in [-0.1, -0.05) is 12.1 Å². The highest BCUT2D eigenvalue weighted by molar-refractivity contribution is 5.79. The van der Waals surface area contributed by atoms with Crippen molar-refractivity contribution in [1.82, 2.24) is 14.8 Å². The zero-order valence-electron chi connectivity index (χ0n) is 17.5. The van der Waals surface area contributed by atoms with Crippen LogP contribution in [0.4, 0.5) is 6.01 Å². The van der Waals surface area contributed by atoms with Gasteiger partial charge in [-0.25, -0.2) is 0 Å². The Labute approximate surface area is 172 Å². The number of piperidine rings is 2. The van der Waals surface area contributed by atoms with Crippen molar-refractivity contribution in [1.29, 1.82) is 0 Å². The summed E-state index contributed by atoms with van der Waals surface area (Å²) in [6.07, 6.45) is 4.26. The van der Waals surface area contributed by atoms with Gasteiger partial charge in [0.2, 0.25) is 5.91 Å². The highest BCUT2D eigenvalue weighted by atomic mass is 16.5. The molecule has 0 bridgehead atoms. The van der Waals surface area contributed by atoms with Gasteiger partial charge in [0.1, 0.15) is 5.52 Å². The van der Waals surface area contributed by atoms with E-state index in [2.05, 4.69) is 14.8 Å². The Morgan fingerprint density at radius 1 is 1.24 bits per heavy atom. The van der Waals surface area contributed by atoms with E-state index < -0.39 is 0 Å². The van der Waals surface area contributed by atoms with E-state index in [1.807, 2.05) is 36.2 Å². The molecule has 2 aliphatic rings. The third-order valence-corrected chi connectivity index (χ3v) is 6.34. The number of carbonyl (C=O) groups excluding carboxylic acids is 1. The monoisotopic (exact) mass is 400 g/mol. The second-order valence-corrected chi connectivity index (χ2v) is 8.27. The van der Waals surface area contributed by atoms with E-state index >= 15 is 0 Å². The minimum atomic E-state index is 0.112. The van der Waals surface area contributed by atoms with Crippen LogP contribution >= 0.6 is 0 Å². The molecule has 158 valence electrons. The van der Waals surface area contributed by atoms with Gasteiger partial charge >= 0.3 is 0 Å². The molecule has 1 aromatic carbocycles. The number of rotatable bonds is 6. The molecule has 29 heavy (non-hydrogen) atoms. The van der Waals surface area contributed by atoms with E-state index in [0.29, 0.717) is 19.2 Å². The first-order valence-electron chi connectivity index (χ1n) is 10.7. The number of aromatic nitrogens is 1. The molecule has 7 heteroatoms. The lowest BCUT2D eigenvalue weighted by Crippen LogP contribution is -2.51. The molecule has 0 N–H and O–H groups in total. The Bertz CT molecular complexity index is 782. The number of ether oxygens (including phenoxy) is 1. The van der Waals surface area contributed by atoms with Gasteiger partial charge in [-0.2, -0.15) is 4.98 Å². The number of hydrogen-bond acceptors (Lipinski definition) is 6. The van der Waals surface area contributed by atoms with Crippen LogP contribution < -0.4 is 4.90 Å². The zero-order chi connectivity index (χ0) is 20.2.